The largest absolute Gasteiger partial charge is 0.493 e. The van der Waals surface area contributed by atoms with Gasteiger partial charge in [0.15, 0.2) is 28.8 Å². The first kappa shape index (κ1) is 27.1. The zero-order chi connectivity index (χ0) is 30.0. The Hall–Kier alpha value is -4.75. The summed E-state index contributed by atoms with van der Waals surface area (Å²) in [5.41, 5.74) is 1.19. The minimum Gasteiger partial charge on any atom is -0.493 e. The lowest BCUT2D eigenvalue weighted by Gasteiger charge is -2.37. The Morgan fingerprint density at radius 3 is 2.19 bits per heavy atom. The highest BCUT2D eigenvalue weighted by Crippen LogP contribution is 2.61. The summed E-state index contributed by atoms with van der Waals surface area (Å²) in [6.07, 6.45) is 3.68. The van der Waals surface area contributed by atoms with E-state index >= 15 is 0 Å². The molecule has 3 atom stereocenters. The van der Waals surface area contributed by atoms with Crippen LogP contribution in [-0.4, -0.2) is 43.7 Å². The smallest absolute Gasteiger partial charge is 0.185 e. The Balaban J connectivity index is 1.55. The Morgan fingerprint density at radius 2 is 1.53 bits per heavy atom. The predicted octanol–water partition coefficient (Wildman–Crippen LogP) is 6.81. The number of methoxy groups -OCH3 is 2. The molecular formula is C35H25ClFNO5. The zero-order valence-electron chi connectivity index (χ0n) is 23.2. The monoisotopic (exact) mass is 593 g/mol. The van der Waals surface area contributed by atoms with Crippen LogP contribution in [0.2, 0.25) is 5.02 Å². The fourth-order valence-electron chi connectivity index (χ4n) is 7.15. The lowest BCUT2D eigenvalue weighted by Crippen LogP contribution is -2.48. The van der Waals surface area contributed by atoms with Crippen molar-refractivity contribution >= 4 is 40.7 Å². The van der Waals surface area contributed by atoms with Crippen LogP contribution in [0.1, 0.15) is 48.1 Å². The van der Waals surface area contributed by atoms with Crippen LogP contribution in [0.3, 0.4) is 0 Å². The molecule has 3 aliphatic rings. The van der Waals surface area contributed by atoms with Crippen molar-refractivity contribution in [2.45, 2.75) is 18.0 Å². The molecule has 0 amide bonds. The Bertz CT molecular complexity index is 1830. The first-order valence-corrected chi connectivity index (χ1v) is 14.2. The van der Waals surface area contributed by atoms with Crippen molar-refractivity contribution in [3.05, 3.63) is 130 Å². The normalized spacial score (nSPS) is 21.0. The summed E-state index contributed by atoms with van der Waals surface area (Å²) in [6.45, 7) is 0. The van der Waals surface area contributed by atoms with Crippen LogP contribution in [0.4, 0.5) is 10.1 Å². The molecule has 214 valence electrons. The van der Waals surface area contributed by atoms with Crippen molar-refractivity contribution in [3.63, 3.8) is 0 Å². The molecule has 43 heavy (non-hydrogen) atoms. The van der Waals surface area contributed by atoms with Gasteiger partial charge >= 0.3 is 0 Å². The molecule has 1 aliphatic carbocycles. The van der Waals surface area contributed by atoms with Crippen molar-refractivity contribution in [1.82, 2.24) is 0 Å². The van der Waals surface area contributed by atoms with Crippen molar-refractivity contribution in [1.29, 1.82) is 0 Å². The first-order valence-electron chi connectivity index (χ1n) is 13.8. The van der Waals surface area contributed by atoms with Gasteiger partial charge in [-0.1, -0.05) is 54.1 Å². The van der Waals surface area contributed by atoms with Gasteiger partial charge in [-0.05, 0) is 65.7 Å². The third kappa shape index (κ3) is 3.74. The third-order valence-electron chi connectivity index (χ3n) is 8.93. The molecule has 0 radical (unpaired) electrons. The highest BCUT2D eigenvalue weighted by atomic mass is 35.5. The quantitative estimate of drug-likeness (QED) is 0.187. The van der Waals surface area contributed by atoms with Crippen molar-refractivity contribution in [3.8, 4) is 11.5 Å². The van der Waals surface area contributed by atoms with Gasteiger partial charge in [0, 0.05) is 33.3 Å². The van der Waals surface area contributed by atoms with Gasteiger partial charge in [0.05, 0.1) is 20.3 Å². The number of ether oxygens (including phenoxy) is 2. The number of rotatable bonds is 5. The van der Waals surface area contributed by atoms with Gasteiger partial charge in [-0.3, -0.25) is 14.4 Å². The van der Waals surface area contributed by atoms with E-state index in [0.717, 1.165) is 5.56 Å². The van der Waals surface area contributed by atoms with Gasteiger partial charge in [0.1, 0.15) is 17.3 Å². The van der Waals surface area contributed by atoms with Crippen LogP contribution in [-0.2, 0) is 0 Å². The lowest BCUT2D eigenvalue weighted by atomic mass is 9.64. The third-order valence-corrected chi connectivity index (χ3v) is 9.16. The highest BCUT2D eigenvalue weighted by Gasteiger charge is 2.71. The summed E-state index contributed by atoms with van der Waals surface area (Å²) < 4.78 is 25.1. The predicted molar refractivity (Wildman–Crippen MR) is 161 cm³/mol. The average Bonchev–Trinajstić information content (AvgIpc) is 3.46. The number of hydrogen-bond donors (Lipinski definition) is 0. The van der Waals surface area contributed by atoms with E-state index in [1.807, 2.05) is 17.1 Å². The summed E-state index contributed by atoms with van der Waals surface area (Å²) in [7, 11) is 3.02. The molecule has 0 aromatic heterocycles. The number of halogens is 2. The maximum atomic E-state index is 14.7. The second kappa shape index (κ2) is 9.92. The molecule has 2 aliphatic heterocycles. The fraction of sp³-hybridized carbons (Fsp3) is 0.171. The van der Waals surface area contributed by atoms with Gasteiger partial charge in [-0.2, -0.15) is 0 Å². The number of nitrogens with zero attached hydrogens (tertiary/aromatic N) is 1. The first-order chi connectivity index (χ1) is 20.8. The Kier molecular flexibility index (Phi) is 6.25. The van der Waals surface area contributed by atoms with E-state index < -0.39 is 29.2 Å². The summed E-state index contributed by atoms with van der Waals surface area (Å²) >= 11 is 6.35. The molecule has 4 aromatic carbocycles. The molecule has 7 rings (SSSR count). The minimum absolute atomic E-state index is 0.258. The van der Waals surface area contributed by atoms with E-state index in [0.29, 0.717) is 38.9 Å². The van der Waals surface area contributed by atoms with Crippen LogP contribution >= 0.6 is 11.6 Å². The molecule has 6 nitrogen and oxygen atoms in total. The summed E-state index contributed by atoms with van der Waals surface area (Å²) in [5.74, 6) is -1.62. The van der Waals surface area contributed by atoms with Crippen LogP contribution in [0.15, 0.2) is 91.0 Å². The number of carbonyl (C=O) groups is 3. The summed E-state index contributed by atoms with van der Waals surface area (Å²) in [4.78, 5) is 46.0. The molecule has 0 saturated carbocycles. The summed E-state index contributed by atoms with van der Waals surface area (Å²) in [6, 6.07) is 20.8. The molecule has 0 unspecified atom stereocenters. The number of carbonyl (C=O) groups excluding carboxylic acids is 3. The fourth-order valence-corrected chi connectivity index (χ4v) is 7.33. The number of benzene rings is 4. The van der Waals surface area contributed by atoms with Crippen LogP contribution in [0.25, 0.3) is 6.08 Å². The Morgan fingerprint density at radius 1 is 0.860 bits per heavy atom. The second-order valence-electron chi connectivity index (χ2n) is 10.9. The molecule has 2 heterocycles. The number of anilines is 1. The molecule has 0 bridgehead atoms. The highest BCUT2D eigenvalue weighted by molar-refractivity contribution is 6.32. The summed E-state index contributed by atoms with van der Waals surface area (Å²) in [5, 5.41) is 0.508. The molecule has 1 saturated heterocycles. The number of fused-ring (bicyclic) bond motifs is 5. The van der Waals surface area contributed by atoms with Crippen LogP contribution in [0, 0.1) is 11.2 Å². The van der Waals surface area contributed by atoms with E-state index in [1.54, 1.807) is 60.7 Å². The van der Waals surface area contributed by atoms with E-state index in [9.17, 15) is 18.8 Å². The standard InChI is InChI=1S/C35H25ClFNO5/c1-42-27-15-9-21(18-28(27)43-2)30-31(32(39)19-7-12-23(37)13-8-19)38-26-14-11-22(36)17-20(26)10-16-29(38)35(30)33(40)24-5-3-4-6-25(24)34(35)41/h3-18,29-31H,1-2H3/t29-,30-,31-/m1/s1. The van der Waals surface area contributed by atoms with E-state index in [1.165, 1.54) is 38.5 Å². The number of ketones is 3. The van der Waals surface area contributed by atoms with Gasteiger partial charge in [-0.15, -0.1) is 0 Å². The number of Topliss-reactive ketones (excluding diaryl/α,β-unsaturated/α-hetero) is 3. The van der Waals surface area contributed by atoms with Crippen LogP contribution in [0.5, 0.6) is 11.5 Å². The van der Waals surface area contributed by atoms with Crippen LogP contribution < -0.4 is 14.4 Å². The zero-order valence-corrected chi connectivity index (χ0v) is 24.0. The topological polar surface area (TPSA) is 72.9 Å². The van der Waals surface area contributed by atoms with Gasteiger partial charge in [0.25, 0.3) is 0 Å². The van der Waals surface area contributed by atoms with Crippen molar-refractivity contribution in [2.24, 2.45) is 5.41 Å². The second-order valence-corrected chi connectivity index (χ2v) is 11.3. The van der Waals surface area contributed by atoms with Crippen molar-refractivity contribution in [2.75, 3.05) is 19.1 Å². The molecule has 1 spiro atoms. The van der Waals surface area contributed by atoms with E-state index in [2.05, 4.69) is 0 Å². The molecule has 8 heteroatoms. The van der Waals surface area contributed by atoms with E-state index in [4.69, 9.17) is 21.1 Å². The SMILES string of the molecule is COc1ccc([C@@H]2[C@H](C(=O)c3ccc(F)cc3)N3c4ccc(Cl)cc4C=C[C@@H]3C23C(=O)c2ccccc2C3=O)cc1OC. The average molecular weight is 594 g/mol. The van der Waals surface area contributed by atoms with Gasteiger partial charge in [0.2, 0.25) is 0 Å². The molecule has 4 aromatic rings. The molecule has 1 fully saturated rings. The van der Waals surface area contributed by atoms with Crippen molar-refractivity contribution < 1.29 is 28.2 Å². The van der Waals surface area contributed by atoms with E-state index in [-0.39, 0.29) is 22.9 Å². The maximum absolute atomic E-state index is 14.7. The molecule has 0 N–H and O–H groups in total. The Labute approximate surface area is 252 Å². The number of hydrogen-bond acceptors (Lipinski definition) is 6. The minimum atomic E-state index is -1.68. The maximum Gasteiger partial charge on any atom is 0.185 e. The van der Waals surface area contributed by atoms with Gasteiger partial charge < -0.3 is 14.4 Å². The molecular weight excluding hydrogens is 569 g/mol. The van der Waals surface area contributed by atoms with Gasteiger partial charge in [-0.25, -0.2) is 4.39 Å². The lowest BCUT2D eigenvalue weighted by molar-refractivity contribution is 0.0665.